The van der Waals surface area contributed by atoms with E-state index in [1.54, 1.807) is 11.3 Å². The molecular weight excluding hydrogens is 180 g/mol. The molecule has 1 rings (SSSR count). The summed E-state index contributed by atoms with van der Waals surface area (Å²) >= 11 is 7.52. The number of nitrogens with one attached hydrogen (secondary N) is 1. The molecule has 0 saturated heterocycles. The summed E-state index contributed by atoms with van der Waals surface area (Å²) in [5, 5.41) is 4.78. The fourth-order valence-corrected chi connectivity index (χ4v) is 2.05. The Balaban J connectivity index is 2.62. The van der Waals surface area contributed by atoms with Gasteiger partial charge in [-0.2, -0.15) is 0 Å². The van der Waals surface area contributed by atoms with Crippen molar-refractivity contribution in [1.29, 1.82) is 0 Å². The van der Waals surface area contributed by atoms with Gasteiger partial charge in [-0.25, -0.2) is 4.98 Å². The first-order valence-corrected chi connectivity index (χ1v) is 4.70. The van der Waals surface area contributed by atoms with Crippen LogP contribution in [0.2, 0.25) is 5.15 Å². The number of hydrogen-bond donors (Lipinski definition) is 1. The predicted octanol–water partition coefficient (Wildman–Crippen LogP) is 1.87. The van der Waals surface area contributed by atoms with Gasteiger partial charge in [-0.05, 0) is 26.9 Å². The van der Waals surface area contributed by atoms with Crippen molar-refractivity contribution in [2.75, 3.05) is 13.6 Å². The minimum atomic E-state index is 0.669. The molecule has 4 heteroatoms. The Morgan fingerprint density at radius 3 is 2.82 bits per heavy atom. The molecule has 0 spiro atoms. The number of likely N-dealkylation sites (N-methyl/N-ethyl adjacent to an activating group) is 1. The van der Waals surface area contributed by atoms with Gasteiger partial charge in [-0.1, -0.05) is 11.6 Å². The van der Waals surface area contributed by atoms with E-state index in [-0.39, 0.29) is 0 Å². The van der Waals surface area contributed by atoms with Gasteiger partial charge in [0.15, 0.2) is 0 Å². The Hall–Kier alpha value is -0.120. The third kappa shape index (κ3) is 2.43. The van der Waals surface area contributed by atoms with Gasteiger partial charge < -0.3 is 5.32 Å². The van der Waals surface area contributed by atoms with Crippen molar-refractivity contribution in [2.45, 2.75) is 13.3 Å². The Morgan fingerprint density at radius 1 is 1.64 bits per heavy atom. The molecule has 0 fully saturated rings. The quantitative estimate of drug-likeness (QED) is 0.787. The highest BCUT2D eigenvalue weighted by Crippen LogP contribution is 2.22. The standard InChI is InChI=1S/C7H11ClN2S/c1-5-10-7(8)6(11-5)3-4-9-2/h9H,3-4H2,1-2H3. The molecule has 0 aliphatic carbocycles. The first-order chi connectivity index (χ1) is 5.24. The van der Waals surface area contributed by atoms with Crippen LogP contribution in [0.1, 0.15) is 9.88 Å². The number of rotatable bonds is 3. The predicted molar refractivity (Wildman–Crippen MR) is 49.5 cm³/mol. The lowest BCUT2D eigenvalue weighted by Gasteiger charge is -1.94. The topological polar surface area (TPSA) is 24.9 Å². The van der Waals surface area contributed by atoms with E-state index in [1.165, 1.54) is 4.88 Å². The molecule has 1 heterocycles. The normalized spacial score (nSPS) is 10.5. The number of hydrogen-bond acceptors (Lipinski definition) is 3. The molecule has 0 radical (unpaired) electrons. The number of thiazole rings is 1. The maximum Gasteiger partial charge on any atom is 0.143 e. The number of nitrogens with zero attached hydrogens (tertiary/aromatic N) is 1. The smallest absolute Gasteiger partial charge is 0.143 e. The van der Waals surface area contributed by atoms with Gasteiger partial charge in [0.05, 0.1) is 5.01 Å². The van der Waals surface area contributed by atoms with Crippen LogP contribution in [0, 0.1) is 6.92 Å². The van der Waals surface area contributed by atoms with Crippen molar-refractivity contribution in [3.63, 3.8) is 0 Å². The SMILES string of the molecule is CNCCc1sc(C)nc1Cl. The molecule has 2 nitrogen and oxygen atoms in total. The average Bonchev–Trinajstić information content (AvgIpc) is 2.26. The van der Waals surface area contributed by atoms with E-state index in [0.717, 1.165) is 18.0 Å². The average molecular weight is 191 g/mol. The monoisotopic (exact) mass is 190 g/mol. The lowest BCUT2D eigenvalue weighted by atomic mass is 10.4. The van der Waals surface area contributed by atoms with E-state index in [9.17, 15) is 0 Å². The summed E-state index contributed by atoms with van der Waals surface area (Å²) in [6.45, 7) is 2.93. The minimum Gasteiger partial charge on any atom is -0.319 e. The molecule has 0 aliphatic heterocycles. The summed E-state index contributed by atoms with van der Waals surface area (Å²) < 4.78 is 0. The molecule has 0 amide bonds. The largest absolute Gasteiger partial charge is 0.319 e. The molecule has 0 atom stereocenters. The molecule has 1 aromatic heterocycles. The zero-order chi connectivity index (χ0) is 8.27. The lowest BCUT2D eigenvalue weighted by Crippen LogP contribution is -2.09. The first-order valence-electron chi connectivity index (χ1n) is 3.50. The van der Waals surface area contributed by atoms with Gasteiger partial charge in [-0.3, -0.25) is 0 Å². The molecule has 0 unspecified atom stereocenters. The summed E-state index contributed by atoms with van der Waals surface area (Å²) in [5.74, 6) is 0. The molecule has 0 bridgehead atoms. The van der Waals surface area contributed by atoms with E-state index in [2.05, 4.69) is 10.3 Å². The van der Waals surface area contributed by atoms with Crippen LogP contribution in [0.15, 0.2) is 0 Å². The van der Waals surface area contributed by atoms with Gasteiger partial charge in [0.25, 0.3) is 0 Å². The highest BCUT2D eigenvalue weighted by molar-refractivity contribution is 7.12. The van der Waals surface area contributed by atoms with Gasteiger partial charge in [0.1, 0.15) is 5.15 Å². The van der Waals surface area contributed by atoms with E-state index >= 15 is 0 Å². The van der Waals surface area contributed by atoms with E-state index < -0.39 is 0 Å². The van der Waals surface area contributed by atoms with Crippen LogP contribution in [0.3, 0.4) is 0 Å². The van der Waals surface area contributed by atoms with Crippen LogP contribution in [-0.2, 0) is 6.42 Å². The van der Waals surface area contributed by atoms with Crippen molar-refractivity contribution in [2.24, 2.45) is 0 Å². The van der Waals surface area contributed by atoms with Crippen LogP contribution in [0.25, 0.3) is 0 Å². The third-order valence-electron chi connectivity index (χ3n) is 1.36. The highest BCUT2D eigenvalue weighted by atomic mass is 35.5. The lowest BCUT2D eigenvalue weighted by molar-refractivity contribution is 0.798. The zero-order valence-corrected chi connectivity index (χ0v) is 8.22. The molecular formula is C7H11ClN2S. The third-order valence-corrected chi connectivity index (χ3v) is 2.81. The molecule has 11 heavy (non-hydrogen) atoms. The maximum atomic E-state index is 5.85. The van der Waals surface area contributed by atoms with Crippen LogP contribution in [0.5, 0.6) is 0 Å². The second kappa shape index (κ2) is 4.04. The van der Waals surface area contributed by atoms with Crippen molar-refractivity contribution >= 4 is 22.9 Å². The Bertz CT molecular complexity index is 234. The van der Waals surface area contributed by atoms with Crippen LogP contribution >= 0.6 is 22.9 Å². The van der Waals surface area contributed by atoms with E-state index in [4.69, 9.17) is 11.6 Å². The van der Waals surface area contributed by atoms with Crippen molar-refractivity contribution < 1.29 is 0 Å². The van der Waals surface area contributed by atoms with E-state index in [0.29, 0.717) is 5.15 Å². The summed E-state index contributed by atoms with van der Waals surface area (Å²) in [4.78, 5) is 5.30. The van der Waals surface area contributed by atoms with E-state index in [1.807, 2.05) is 14.0 Å². The van der Waals surface area contributed by atoms with Crippen LogP contribution in [-0.4, -0.2) is 18.6 Å². The Morgan fingerprint density at radius 2 is 2.36 bits per heavy atom. The summed E-state index contributed by atoms with van der Waals surface area (Å²) in [6, 6.07) is 0. The Kier molecular flexibility index (Phi) is 3.30. The fourth-order valence-electron chi connectivity index (χ4n) is 0.837. The van der Waals surface area contributed by atoms with Crippen molar-refractivity contribution in [3.8, 4) is 0 Å². The summed E-state index contributed by atoms with van der Waals surface area (Å²) in [7, 11) is 1.93. The number of halogens is 1. The molecule has 0 saturated carbocycles. The molecule has 1 N–H and O–H groups in total. The summed E-state index contributed by atoms with van der Waals surface area (Å²) in [5.41, 5.74) is 0. The van der Waals surface area contributed by atoms with Gasteiger partial charge in [-0.15, -0.1) is 11.3 Å². The number of aryl methyl sites for hydroxylation is 1. The highest BCUT2D eigenvalue weighted by Gasteiger charge is 2.04. The minimum absolute atomic E-state index is 0.669. The molecule has 1 aromatic rings. The molecule has 0 aromatic carbocycles. The van der Waals surface area contributed by atoms with Gasteiger partial charge in [0, 0.05) is 4.88 Å². The van der Waals surface area contributed by atoms with Crippen molar-refractivity contribution in [1.82, 2.24) is 10.3 Å². The molecule has 0 aliphatic rings. The second-order valence-electron chi connectivity index (χ2n) is 2.30. The van der Waals surface area contributed by atoms with Gasteiger partial charge >= 0.3 is 0 Å². The van der Waals surface area contributed by atoms with Crippen LogP contribution < -0.4 is 5.32 Å². The number of aromatic nitrogens is 1. The fraction of sp³-hybridized carbons (Fsp3) is 0.571. The first kappa shape index (κ1) is 8.97. The molecule has 62 valence electrons. The van der Waals surface area contributed by atoms with Gasteiger partial charge in [0.2, 0.25) is 0 Å². The Labute approximate surface area is 75.6 Å². The second-order valence-corrected chi connectivity index (χ2v) is 3.95. The van der Waals surface area contributed by atoms with Crippen LogP contribution in [0.4, 0.5) is 0 Å². The summed E-state index contributed by atoms with van der Waals surface area (Å²) in [6.07, 6.45) is 0.973. The maximum absolute atomic E-state index is 5.85. The zero-order valence-electron chi connectivity index (χ0n) is 6.65. The van der Waals surface area contributed by atoms with Crippen molar-refractivity contribution in [3.05, 3.63) is 15.0 Å².